The number of nitrogens with zero attached hydrogens (tertiary/aromatic N) is 4. The summed E-state index contributed by atoms with van der Waals surface area (Å²) >= 11 is 1.85. The third kappa shape index (κ3) is 4.47. The summed E-state index contributed by atoms with van der Waals surface area (Å²) < 4.78 is 13.2. The number of anilines is 1. The number of benzene rings is 1. The number of amides is 1. The Labute approximate surface area is 198 Å². The van der Waals surface area contributed by atoms with Crippen LogP contribution in [0, 0.1) is 11.7 Å². The van der Waals surface area contributed by atoms with E-state index < -0.39 is 0 Å². The van der Waals surface area contributed by atoms with Gasteiger partial charge < -0.3 is 9.80 Å². The van der Waals surface area contributed by atoms with Crippen LogP contribution in [0.1, 0.15) is 54.9 Å². The molecule has 1 aliphatic carbocycles. The molecule has 1 unspecified atom stereocenters. The lowest BCUT2D eigenvalue weighted by Gasteiger charge is -2.36. The maximum Gasteiger partial charge on any atom is 0.227 e. The molecule has 0 radical (unpaired) electrons. The highest BCUT2D eigenvalue weighted by Crippen LogP contribution is 2.41. The number of thiophene rings is 1. The van der Waals surface area contributed by atoms with Crippen molar-refractivity contribution < 1.29 is 9.18 Å². The molecule has 2 aromatic heterocycles. The lowest BCUT2D eigenvalue weighted by Crippen LogP contribution is -2.49. The van der Waals surface area contributed by atoms with Crippen molar-refractivity contribution in [2.75, 3.05) is 31.1 Å². The van der Waals surface area contributed by atoms with E-state index in [0.717, 1.165) is 53.9 Å². The largest absolute Gasteiger partial charge is 0.352 e. The standard InChI is InChI=1S/C26H31FN4OS/c1-16(2)24-28-25(23-20-9-4-17(3)14-21(20)33-26(23)29-24)31-12-10-30(11-13-31)22(32)15-18-5-7-19(27)8-6-18/h5-8,16-17H,4,9-15H2,1-3H3. The highest BCUT2D eigenvalue weighted by Gasteiger charge is 2.29. The summed E-state index contributed by atoms with van der Waals surface area (Å²) in [4.78, 5) is 29.7. The molecular formula is C26H31FN4OS. The minimum atomic E-state index is -0.276. The number of hydrogen-bond donors (Lipinski definition) is 0. The third-order valence-corrected chi connectivity index (χ3v) is 8.02. The van der Waals surface area contributed by atoms with Crippen molar-refractivity contribution in [3.63, 3.8) is 0 Å². The van der Waals surface area contributed by atoms with Crippen LogP contribution in [0.2, 0.25) is 0 Å². The van der Waals surface area contributed by atoms with Gasteiger partial charge in [-0.3, -0.25) is 4.79 Å². The number of aryl methyl sites for hydroxylation is 1. The fourth-order valence-electron chi connectivity index (χ4n) is 4.88. The molecule has 1 atom stereocenters. The number of rotatable bonds is 4. The van der Waals surface area contributed by atoms with Crippen LogP contribution in [0.15, 0.2) is 24.3 Å². The summed E-state index contributed by atoms with van der Waals surface area (Å²) in [5.41, 5.74) is 2.30. The minimum Gasteiger partial charge on any atom is -0.352 e. The predicted molar refractivity (Wildman–Crippen MR) is 132 cm³/mol. The van der Waals surface area contributed by atoms with Crippen molar-refractivity contribution >= 4 is 33.3 Å². The molecule has 0 spiro atoms. The Morgan fingerprint density at radius 2 is 1.88 bits per heavy atom. The van der Waals surface area contributed by atoms with E-state index in [9.17, 15) is 9.18 Å². The van der Waals surface area contributed by atoms with Crippen molar-refractivity contribution in [3.05, 3.63) is 51.9 Å². The molecule has 174 valence electrons. The van der Waals surface area contributed by atoms with E-state index in [2.05, 4.69) is 25.7 Å². The molecular weight excluding hydrogens is 435 g/mol. The van der Waals surface area contributed by atoms with Gasteiger partial charge in [0.25, 0.3) is 0 Å². The zero-order chi connectivity index (χ0) is 23.1. The zero-order valence-electron chi connectivity index (χ0n) is 19.6. The second-order valence-corrected chi connectivity index (χ2v) is 10.8. The first kappa shape index (κ1) is 22.3. The molecule has 3 aromatic rings. The number of carbonyl (C=O) groups excluding carboxylic acids is 1. The van der Waals surface area contributed by atoms with Gasteiger partial charge in [0.15, 0.2) is 0 Å². The fraction of sp³-hybridized carbons (Fsp3) is 0.500. The molecule has 0 saturated carbocycles. The summed E-state index contributed by atoms with van der Waals surface area (Å²) in [6.45, 7) is 9.50. The molecule has 5 rings (SSSR count). The second-order valence-electron chi connectivity index (χ2n) is 9.76. The van der Waals surface area contributed by atoms with Crippen LogP contribution in [0.25, 0.3) is 10.2 Å². The highest BCUT2D eigenvalue weighted by atomic mass is 32.1. The van der Waals surface area contributed by atoms with Gasteiger partial charge in [-0.1, -0.05) is 32.9 Å². The van der Waals surface area contributed by atoms with Crippen molar-refractivity contribution in [2.45, 2.75) is 52.4 Å². The van der Waals surface area contributed by atoms with E-state index in [-0.39, 0.29) is 17.6 Å². The van der Waals surface area contributed by atoms with E-state index >= 15 is 0 Å². The van der Waals surface area contributed by atoms with Crippen LogP contribution in [0.5, 0.6) is 0 Å². The number of aromatic nitrogens is 2. The molecule has 5 nitrogen and oxygen atoms in total. The molecule has 33 heavy (non-hydrogen) atoms. The number of piperazine rings is 1. The maximum absolute atomic E-state index is 13.2. The van der Waals surface area contributed by atoms with Gasteiger partial charge in [-0.15, -0.1) is 11.3 Å². The molecule has 2 aliphatic rings. The normalized spacial score (nSPS) is 18.8. The molecule has 0 N–H and O–H groups in total. The molecule has 1 saturated heterocycles. The lowest BCUT2D eigenvalue weighted by molar-refractivity contribution is -0.130. The Bertz CT molecular complexity index is 1170. The Kier molecular flexibility index (Phi) is 6.08. The first-order valence-electron chi connectivity index (χ1n) is 12.0. The first-order chi connectivity index (χ1) is 15.9. The predicted octanol–water partition coefficient (Wildman–Crippen LogP) is 4.97. The van der Waals surface area contributed by atoms with Gasteiger partial charge in [0.2, 0.25) is 5.91 Å². The average Bonchev–Trinajstić information content (AvgIpc) is 3.17. The lowest BCUT2D eigenvalue weighted by atomic mass is 9.89. The van der Waals surface area contributed by atoms with Gasteiger partial charge in [0.05, 0.1) is 11.8 Å². The van der Waals surface area contributed by atoms with Crippen molar-refractivity contribution in [2.24, 2.45) is 5.92 Å². The monoisotopic (exact) mass is 466 g/mol. The van der Waals surface area contributed by atoms with Gasteiger partial charge in [-0.2, -0.15) is 0 Å². The Balaban J connectivity index is 1.37. The smallest absolute Gasteiger partial charge is 0.227 e. The van der Waals surface area contributed by atoms with E-state index in [1.54, 1.807) is 12.1 Å². The van der Waals surface area contributed by atoms with Crippen molar-refractivity contribution in [1.29, 1.82) is 0 Å². The summed E-state index contributed by atoms with van der Waals surface area (Å²) in [5.74, 6) is 2.77. The summed E-state index contributed by atoms with van der Waals surface area (Å²) in [6, 6.07) is 6.20. The van der Waals surface area contributed by atoms with Crippen LogP contribution in [-0.4, -0.2) is 47.0 Å². The quantitative estimate of drug-likeness (QED) is 0.545. The van der Waals surface area contributed by atoms with Crippen molar-refractivity contribution in [1.82, 2.24) is 14.9 Å². The summed E-state index contributed by atoms with van der Waals surface area (Å²) in [6.07, 6.45) is 3.77. The van der Waals surface area contributed by atoms with Gasteiger partial charge in [-0.25, -0.2) is 14.4 Å². The van der Waals surface area contributed by atoms with Crippen molar-refractivity contribution in [3.8, 4) is 0 Å². The van der Waals surface area contributed by atoms with E-state index in [1.165, 1.54) is 34.4 Å². The second kappa shape index (κ2) is 9.01. The molecule has 1 fully saturated rings. The summed E-state index contributed by atoms with van der Waals surface area (Å²) in [5, 5.41) is 1.25. The molecule has 1 aromatic carbocycles. The van der Waals surface area contributed by atoms with E-state index in [0.29, 0.717) is 19.5 Å². The molecule has 3 heterocycles. The Hall–Kier alpha value is -2.54. The van der Waals surface area contributed by atoms with Crippen LogP contribution >= 0.6 is 11.3 Å². The first-order valence-corrected chi connectivity index (χ1v) is 12.8. The average molecular weight is 467 g/mol. The Morgan fingerprint density at radius 1 is 1.15 bits per heavy atom. The molecule has 1 aliphatic heterocycles. The number of hydrogen-bond acceptors (Lipinski definition) is 5. The maximum atomic E-state index is 13.2. The zero-order valence-corrected chi connectivity index (χ0v) is 20.4. The minimum absolute atomic E-state index is 0.0962. The van der Waals surface area contributed by atoms with Gasteiger partial charge in [0, 0.05) is 37.0 Å². The van der Waals surface area contributed by atoms with E-state index in [4.69, 9.17) is 9.97 Å². The van der Waals surface area contributed by atoms with Crippen LogP contribution in [0.3, 0.4) is 0 Å². The third-order valence-electron chi connectivity index (χ3n) is 6.87. The van der Waals surface area contributed by atoms with Crippen LogP contribution in [0.4, 0.5) is 10.2 Å². The van der Waals surface area contributed by atoms with Crippen LogP contribution < -0.4 is 4.90 Å². The number of halogens is 1. The van der Waals surface area contributed by atoms with Gasteiger partial charge >= 0.3 is 0 Å². The van der Waals surface area contributed by atoms with Crippen LogP contribution in [-0.2, 0) is 24.1 Å². The molecule has 0 bridgehead atoms. The highest BCUT2D eigenvalue weighted by molar-refractivity contribution is 7.19. The SMILES string of the molecule is CC1CCc2c(sc3nc(C(C)C)nc(N4CCN(C(=O)Cc5ccc(F)cc5)CC4)c23)C1. The fourth-order valence-corrected chi connectivity index (χ4v) is 6.27. The summed E-state index contributed by atoms with van der Waals surface area (Å²) in [7, 11) is 0. The molecule has 1 amide bonds. The van der Waals surface area contributed by atoms with Gasteiger partial charge in [0.1, 0.15) is 22.3 Å². The topological polar surface area (TPSA) is 49.3 Å². The Morgan fingerprint density at radius 3 is 2.58 bits per heavy atom. The molecule has 7 heteroatoms. The number of carbonyl (C=O) groups is 1. The van der Waals surface area contributed by atoms with E-state index in [1.807, 2.05) is 16.2 Å². The number of fused-ring (bicyclic) bond motifs is 3. The van der Waals surface area contributed by atoms with Gasteiger partial charge in [-0.05, 0) is 48.4 Å².